The SMILES string of the molecule is CCOc1ccc2c(n1)C(=O)C(C(=O)NCc1cccc(CNC)c1)CN2. The number of anilines is 1. The largest absolute Gasteiger partial charge is 0.478 e. The molecular weight excluding hydrogens is 344 g/mol. The molecule has 0 aliphatic carbocycles. The highest BCUT2D eigenvalue weighted by molar-refractivity contribution is 6.13. The third-order valence-corrected chi connectivity index (χ3v) is 4.36. The molecule has 1 unspecified atom stereocenters. The van der Waals surface area contributed by atoms with Gasteiger partial charge in [-0.1, -0.05) is 24.3 Å². The molecule has 7 heteroatoms. The number of aromatic nitrogens is 1. The van der Waals surface area contributed by atoms with Crippen molar-refractivity contribution in [3.63, 3.8) is 0 Å². The fourth-order valence-electron chi connectivity index (χ4n) is 3.05. The van der Waals surface area contributed by atoms with Crippen LogP contribution in [-0.2, 0) is 17.9 Å². The number of pyridine rings is 1. The molecule has 0 bridgehead atoms. The fraction of sp³-hybridized carbons (Fsp3) is 0.350. The van der Waals surface area contributed by atoms with E-state index in [-0.39, 0.29) is 23.9 Å². The fourth-order valence-corrected chi connectivity index (χ4v) is 3.05. The third kappa shape index (κ3) is 4.43. The van der Waals surface area contributed by atoms with Crippen molar-refractivity contribution < 1.29 is 14.3 Å². The van der Waals surface area contributed by atoms with E-state index in [9.17, 15) is 9.59 Å². The van der Waals surface area contributed by atoms with Gasteiger partial charge in [-0.2, -0.15) is 0 Å². The number of hydrogen-bond donors (Lipinski definition) is 3. The Hall–Kier alpha value is -2.93. The van der Waals surface area contributed by atoms with Crippen LogP contribution in [0.3, 0.4) is 0 Å². The molecule has 2 heterocycles. The molecule has 1 aromatic carbocycles. The van der Waals surface area contributed by atoms with E-state index in [4.69, 9.17) is 4.74 Å². The van der Waals surface area contributed by atoms with E-state index < -0.39 is 5.92 Å². The van der Waals surface area contributed by atoms with Crippen LogP contribution in [0.5, 0.6) is 5.88 Å². The van der Waals surface area contributed by atoms with Gasteiger partial charge in [0.1, 0.15) is 11.6 Å². The van der Waals surface area contributed by atoms with Crippen LogP contribution in [0.15, 0.2) is 36.4 Å². The van der Waals surface area contributed by atoms with Crippen molar-refractivity contribution in [2.24, 2.45) is 5.92 Å². The molecule has 1 aliphatic heterocycles. The van der Waals surface area contributed by atoms with Gasteiger partial charge in [-0.15, -0.1) is 0 Å². The van der Waals surface area contributed by atoms with Gasteiger partial charge in [0.15, 0.2) is 5.78 Å². The molecule has 2 aromatic rings. The summed E-state index contributed by atoms with van der Waals surface area (Å²) in [5.41, 5.74) is 3.02. The van der Waals surface area contributed by atoms with E-state index in [1.807, 2.05) is 38.2 Å². The Labute approximate surface area is 158 Å². The molecule has 0 saturated heterocycles. The lowest BCUT2D eigenvalue weighted by Gasteiger charge is -2.23. The Balaban J connectivity index is 1.66. The first-order chi connectivity index (χ1) is 13.1. The first-order valence-electron chi connectivity index (χ1n) is 9.04. The molecule has 7 nitrogen and oxygen atoms in total. The smallest absolute Gasteiger partial charge is 0.233 e. The van der Waals surface area contributed by atoms with Crippen LogP contribution >= 0.6 is 0 Å². The minimum absolute atomic E-state index is 0.253. The summed E-state index contributed by atoms with van der Waals surface area (Å²) in [6.07, 6.45) is 0. The molecule has 0 spiro atoms. The van der Waals surface area contributed by atoms with Gasteiger partial charge in [-0.05, 0) is 31.2 Å². The Morgan fingerprint density at radius 2 is 2.04 bits per heavy atom. The lowest BCUT2D eigenvalue weighted by Crippen LogP contribution is -2.42. The summed E-state index contributed by atoms with van der Waals surface area (Å²) >= 11 is 0. The number of rotatable bonds is 7. The van der Waals surface area contributed by atoms with Crippen molar-refractivity contribution >= 4 is 17.4 Å². The molecule has 1 aliphatic rings. The lowest BCUT2D eigenvalue weighted by molar-refractivity contribution is -0.123. The highest BCUT2D eigenvalue weighted by Gasteiger charge is 2.34. The van der Waals surface area contributed by atoms with Gasteiger partial charge in [-0.25, -0.2) is 4.98 Å². The molecule has 27 heavy (non-hydrogen) atoms. The summed E-state index contributed by atoms with van der Waals surface area (Å²) in [6, 6.07) is 11.4. The number of nitrogens with one attached hydrogen (secondary N) is 3. The molecule has 0 fully saturated rings. The Kier molecular flexibility index (Phi) is 6.03. The second-order valence-electron chi connectivity index (χ2n) is 6.34. The number of carbonyl (C=O) groups excluding carboxylic acids is 2. The number of ether oxygens (including phenoxy) is 1. The Morgan fingerprint density at radius 1 is 1.26 bits per heavy atom. The number of ketones is 1. The van der Waals surface area contributed by atoms with Gasteiger partial charge >= 0.3 is 0 Å². The molecule has 3 rings (SSSR count). The highest BCUT2D eigenvalue weighted by Crippen LogP contribution is 2.25. The third-order valence-electron chi connectivity index (χ3n) is 4.36. The van der Waals surface area contributed by atoms with Crippen LogP contribution in [0.2, 0.25) is 0 Å². The van der Waals surface area contributed by atoms with E-state index in [1.54, 1.807) is 12.1 Å². The molecule has 1 aromatic heterocycles. The van der Waals surface area contributed by atoms with Crippen molar-refractivity contribution in [1.82, 2.24) is 15.6 Å². The van der Waals surface area contributed by atoms with E-state index in [0.717, 1.165) is 17.7 Å². The number of benzene rings is 1. The maximum Gasteiger partial charge on any atom is 0.233 e. The van der Waals surface area contributed by atoms with E-state index in [2.05, 4.69) is 20.9 Å². The second kappa shape index (κ2) is 8.64. The normalized spacial score (nSPS) is 15.6. The summed E-state index contributed by atoms with van der Waals surface area (Å²) in [5, 5.41) is 9.07. The average Bonchev–Trinajstić information content (AvgIpc) is 2.68. The van der Waals surface area contributed by atoms with Crippen molar-refractivity contribution in [1.29, 1.82) is 0 Å². The van der Waals surface area contributed by atoms with Gasteiger partial charge in [0.05, 0.1) is 12.3 Å². The van der Waals surface area contributed by atoms with Crippen LogP contribution in [0.1, 0.15) is 28.5 Å². The Morgan fingerprint density at radius 3 is 2.78 bits per heavy atom. The van der Waals surface area contributed by atoms with Gasteiger partial charge in [0.2, 0.25) is 11.8 Å². The zero-order valence-corrected chi connectivity index (χ0v) is 15.5. The quantitative estimate of drug-likeness (QED) is 0.645. The van der Waals surface area contributed by atoms with Crippen LogP contribution in [0.25, 0.3) is 0 Å². The Bertz CT molecular complexity index is 838. The molecule has 0 radical (unpaired) electrons. The van der Waals surface area contributed by atoms with Crippen molar-refractivity contribution in [2.45, 2.75) is 20.0 Å². The number of hydrogen-bond acceptors (Lipinski definition) is 6. The van der Waals surface area contributed by atoms with Crippen LogP contribution < -0.4 is 20.7 Å². The molecule has 0 saturated carbocycles. The van der Waals surface area contributed by atoms with Gasteiger partial charge in [0, 0.05) is 25.7 Å². The van der Waals surface area contributed by atoms with Crippen molar-refractivity contribution in [3.05, 3.63) is 53.2 Å². The number of amides is 1. The molecular formula is C20H24N4O3. The van der Waals surface area contributed by atoms with E-state index in [0.29, 0.717) is 24.7 Å². The average molecular weight is 368 g/mol. The summed E-state index contributed by atoms with van der Waals surface area (Å²) in [7, 11) is 1.89. The van der Waals surface area contributed by atoms with E-state index in [1.165, 1.54) is 0 Å². The zero-order valence-electron chi connectivity index (χ0n) is 15.5. The predicted octanol–water partition coefficient (Wildman–Crippen LogP) is 1.74. The number of nitrogens with zero attached hydrogens (tertiary/aromatic N) is 1. The first-order valence-corrected chi connectivity index (χ1v) is 9.04. The zero-order chi connectivity index (χ0) is 19.2. The second-order valence-corrected chi connectivity index (χ2v) is 6.34. The van der Waals surface area contributed by atoms with Gasteiger partial charge in [0.25, 0.3) is 0 Å². The van der Waals surface area contributed by atoms with Crippen LogP contribution in [-0.4, -0.2) is 36.9 Å². The minimum atomic E-state index is -0.803. The predicted molar refractivity (Wildman–Crippen MR) is 103 cm³/mol. The summed E-state index contributed by atoms with van der Waals surface area (Å²) in [6.45, 7) is 3.71. The summed E-state index contributed by atoms with van der Waals surface area (Å²) in [4.78, 5) is 29.6. The van der Waals surface area contributed by atoms with Crippen molar-refractivity contribution in [3.8, 4) is 5.88 Å². The van der Waals surface area contributed by atoms with Gasteiger partial charge in [-0.3, -0.25) is 9.59 Å². The first kappa shape index (κ1) is 18.8. The monoisotopic (exact) mass is 368 g/mol. The minimum Gasteiger partial charge on any atom is -0.478 e. The maximum atomic E-state index is 12.7. The summed E-state index contributed by atoms with van der Waals surface area (Å²) < 4.78 is 5.36. The standard InChI is InChI=1S/C20H24N4O3/c1-3-27-17-8-7-16-18(24-17)19(25)15(12-22-16)20(26)23-11-14-6-4-5-13(9-14)10-21-2/h4-9,15,21-22H,3,10-12H2,1-2H3,(H,23,26). The number of Topliss-reactive ketones (excluding diaryl/α,β-unsaturated/α-hetero) is 1. The molecule has 1 atom stereocenters. The van der Waals surface area contributed by atoms with Crippen molar-refractivity contribution in [2.75, 3.05) is 25.5 Å². The molecule has 1 amide bonds. The summed E-state index contributed by atoms with van der Waals surface area (Å²) in [5.74, 6) is -1.01. The van der Waals surface area contributed by atoms with E-state index >= 15 is 0 Å². The lowest BCUT2D eigenvalue weighted by atomic mass is 9.95. The number of fused-ring (bicyclic) bond motifs is 1. The van der Waals surface area contributed by atoms with Gasteiger partial charge < -0.3 is 20.7 Å². The molecule has 142 valence electrons. The highest BCUT2D eigenvalue weighted by atomic mass is 16.5. The van der Waals surface area contributed by atoms with Crippen LogP contribution in [0.4, 0.5) is 5.69 Å². The van der Waals surface area contributed by atoms with Crippen LogP contribution in [0, 0.1) is 5.92 Å². The topological polar surface area (TPSA) is 92.3 Å². The number of carbonyl (C=O) groups is 2. The maximum absolute atomic E-state index is 12.7. The molecule has 3 N–H and O–H groups in total.